The fourth-order valence-electron chi connectivity index (χ4n) is 2.59. The van der Waals surface area contributed by atoms with Crippen molar-refractivity contribution in [1.82, 2.24) is 14.8 Å². The van der Waals surface area contributed by atoms with Crippen molar-refractivity contribution in [3.63, 3.8) is 0 Å². The first-order valence-corrected chi connectivity index (χ1v) is 6.99. The summed E-state index contributed by atoms with van der Waals surface area (Å²) >= 11 is 0. The van der Waals surface area contributed by atoms with Crippen LogP contribution in [0.1, 0.15) is 26.0 Å². The zero-order valence-corrected chi connectivity index (χ0v) is 12.2. The van der Waals surface area contributed by atoms with E-state index < -0.39 is 0 Å². The van der Waals surface area contributed by atoms with Gasteiger partial charge in [0.05, 0.1) is 12.3 Å². The van der Waals surface area contributed by atoms with E-state index in [4.69, 9.17) is 0 Å². The summed E-state index contributed by atoms with van der Waals surface area (Å²) in [5, 5.41) is 9.56. The van der Waals surface area contributed by atoms with Crippen LogP contribution in [-0.4, -0.2) is 58.2 Å². The third-order valence-electron chi connectivity index (χ3n) is 4.28. The molecule has 0 bridgehead atoms. The smallest absolute Gasteiger partial charge is 0.0599 e. The van der Waals surface area contributed by atoms with Crippen LogP contribution in [0.3, 0.4) is 0 Å². The Balaban J connectivity index is 2.15. The normalized spacial score (nSPS) is 25.2. The molecule has 4 nitrogen and oxygen atoms in total. The van der Waals surface area contributed by atoms with Crippen molar-refractivity contribution in [2.45, 2.75) is 38.4 Å². The molecule has 0 amide bonds. The van der Waals surface area contributed by atoms with Crippen LogP contribution < -0.4 is 0 Å². The van der Waals surface area contributed by atoms with Crippen molar-refractivity contribution in [3.05, 3.63) is 30.1 Å². The molecule has 0 aliphatic carbocycles. The van der Waals surface area contributed by atoms with Crippen LogP contribution in [0.4, 0.5) is 0 Å². The van der Waals surface area contributed by atoms with Gasteiger partial charge in [-0.1, -0.05) is 6.07 Å². The molecule has 1 aromatic rings. The van der Waals surface area contributed by atoms with E-state index in [1.54, 1.807) is 0 Å². The topological polar surface area (TPSA) is 39.6 Å². The van der Waals surface area contributed by atoms with Crippen molar-refractivity contribution < 1.29 is 5.11 Å². The lowest BCUT2D eigenvalue weighted by Gasteiger charge is -2.37. The van der Waals surface area contributed by atoms with Crippen molar-refractivity contribution >= 4 is 0 Å². The number of aliphatic hydroxyl groups excluding tert-OH is 1. The van der Waals surface area contributed by atoms with Gasteiger partial charge >= 0.3 is 0 Å². The summed E-state index contributed by atoms with van der Waals surface area (Å²) in [4.78, 5) is 9.13. The van der Waals surface area contributed by atoms with Gasteiger partial charge in [0, 0.05) is 37.4 Å². The van der Waals surface area contributed by atoms with E-state index in [1.807, 2.05) is 18.3 Å². The van der Waals surface area contributed by atoms with Crippen molar-refractivity contribution in [2.75, 3.05) is 26.7 Å². The van der Waals surface area contributed by atoms with Crippen molar-refractivity contribution in [1.29, 1.82) is 0 Å². The Morgan fingerprint density at radius 2 is 2.21 bits per heavy atom. The first-order valence-electron chi connectivity index (χ1n) is 6.99. The molecule has 19 heavy (non-hydrogen) atoms. The SMILES string of the molecule is CN1CCC(C)(C)N(Cc2ccccn2)CC1CO. The van der Waals surface area contributed by atoms with Crippen molar-refractivity contribution in [3.8, 4) is 0 Å². The maximum absolute atomic E-state index is 9.56. The molecule has 2 rings (SSSR count). The number of nitrogens with zero attached hydrogens (tertiary/aromatic N) is 3. The first-order chi connectivity index (χ1) is 9.03. The summed E-state index contributed by atoms with van der Waals surface area (Å²) in [5.41, 5.74) is 1.23. The molecule has 106 valence electrons. The summed E-state index contributed by atoms with van der Waals surface area (Å²) in [5.74, 6) is 0. The fraction of sp³-hybridized carbons (Fsp3) is 0.667. The van der Waals surface area contributed by atoms with E-state index >= 15 is 0 Å². The molecule has 1 aliphatic heterocycles. The summed E-state index contributed by atoms with van der Waals surface area (Å²) in [6.07, 6.45) is 2.95. The summed E-state index contributed by atoms with van der Waals surface area (Å²) in [6, 6.07) is 6.26. The van der Waals surface area contributed by atoms with Crippen LogP contribution in [0.5, 0.6) is 0 Å². The molecular weight excluding hydrogens is 238 g/mol. The van der Waals surface area contributed by atoms with Gasteiger partial charge in [0.2, 0.25) is 0 Å². The highest BCUT2D eigenvalue weighted by molar-refractivity contribution is 5.05. The Morgan fingerprint density at radius 1 is 1.42 bits per heavy atom. The molecular formula is C15H25N3O. The number of pyridine rings is 1. The van der Waals surface area contributed by atoms with Gasteiger partial charge in [-0.05, 0) is 39.4 Å². The lowest BCUT2D eigenvalue weighted by molar-refractivity contribution is 0.0856. The predicted molar refractivity (Wildman–Crippen MR) is 76.8 cm³/mol. The van der Waals surface area contributed by atoms with Gasteiger partial charge in [0.1, 0.15) is 0 Å². The average Bonchev–Trinajstić information content (AvgIpc) is 2.51. The Kier molecular flexibility index (Phi) is 4.55. The van der Waals surface area contributed by atoms with Crippen LogP contribution in [0, 0.1) is 0 Å². The highest BCUT2D eigenvalue weighted by Crippen LogP contribution is 2.25. The van der Waals surface area contributed by atoms with Gasteiger partial charge in [-0.25, -0.2) is 0 Å². The third kappa shape index (κ3) is 3.53. The van der Waals surface area contributed by atoms with Gasteiger partial charge in [-0.2, -0.15) is 0 Å². The largest absolute Gasteiger partial charge is 0.395 e. The van der Waals surface area contributed by atoms with E-state index in [9.17, 15) is 5.11 Å². The molecule has 1 fully saturated rings. The highest BCUT2D eigenvalue weighted by Gasteiger charge is 2.33. The first kappa shape index (κ1) is 14.4. The number of likely N-dealkylation sites (N-methyl/N-ethyl adjacent to an activating group) is 1. The predicted octanol–water partition coefficient (Wildman–Crippen LogP) is 1.36. The minimum atomic E-state index is 0.135. The second-order valence-corrected chi connectivity index (χ2v) is 6.08. The standard InChI is InChI=1S/C15H25N3O/c1-15(2)7-9-17(3)14(12-19)11-18(15)10-13-6-4-5-8-16-13/h4-6,8,14,19H,7,9-12H2,1-3H3. The maximum atomic E-state index is 9.56. The van der Waals surface area contributed by atoms with Crippen LogP contribution in [-0.2, 0) is 6.54 Å². The molecule has 1 unspecified atom stereocenters. The molecule has 0 spiro atoms. The monoisotopic (exact) mass is 263 g/mol. The molecule has 1 N–H and O–H groups in total. The van der Waals surface area contributed by atoms with Gasteiger partial charge < -0.3 is 5.11 Å². The molecule has 1 saturated heterocycles. The van der Waals surface area contributed by atoms with Crippen LogP contribution in [0.25, 0.3) is 0 Å². The lowest BCUT2D eigenvalue weighted by Crippen LogP contribution is -2.47. The molecule has 1 aliphatic rings. The minimum Gasteiger partial charge on any atom is -0.395 e. The van der Waals surface area contributed by atoms with Gasteiger partial charge in [-0.15, -0.1) is 0 Å². The number of hydrogen-bond donors (Lipinski definition) is 1. The van der Waals surface area contributed by atoms with Crippen molar-refractivity contribution in [2.24, 2.45) is 0 Å². The second-order valence-electron chi connectivity index (χ2n) is 6.08. The van der Waals surface area contributed by atoms with E-state index in [2.05, 4.69) is 41.7 Å². The van der Waals surface area contributed by atoms with Gasteiger partial charge in [-0.3, -0.25) is 14.8 Å². The Bertz CT molecular complexity index is 394. The van der Waals surface area contributed by atoms with E-state index in [-0.39, 0.29) is 18.2 Å². The average molecular weight is 263 g/mol. The number of aliphatic hydroxyl groups is 1. The Labute approximate surface area is 116 Å². The molecule has 1 aromatic heterocycles. The van der Waals surface area contributed by atoms with Crippen LogP contribution in [0.2, 0.25) is 0 Å². The molecule has 2 heterocycles. The molecule has 0 aromatic carbocycles. The van der Waals surface area contributed by atoms with Crippen LogP contribution >= 0.6 is 0 Å². The molecule has 1 atom stereocenters. The zero-order chi connectivity index (χ0) is 13.9. The molecule has 4 heteroatoms. The number of hydrogen-bond acceptors (Lipinski definition) is 4. The van der Waals surface area contributed by atoms with Gasteiger partial charge in [0.15, 0.2) is 0 Å². The van der Waals surface area contributed by atoms with E-state index in [1.165, 1.54) is 0 Å². The zero-order valence-electron chi connectivity index (χ0n) is 12.2. The highest BCUT2D eigenvalue weighted by atomic mass is 16.3. The summed E-state index contributed by atoms with van der Waals surface area (Å²) in [6.45, 7) is 7.53. The summed E-state index contributed by atoms with van der Waals surface area (Å²) < 4.78 is 0. The third-order valence-corrected chi connectivity index (χ3v) is 4.28. The minimum absolute atomic E-state index is 0.135. The van der Waals surface area contributed by atoms with Crippen LogP contribution in [0.15, 0.2) is 24.4 Å². The summed E-state index contributed by atoms with van der Waals surface area (Å²) in [7, 11) is 2.10. The van der Waals surface area contributed by atoms with E-state index in [0.717, 1.165) is 31.7 Å². The number of aromatic nitrogens is 1. The molecule has 0 radical (unpaired) electrons. The maximum Gasteiger partial charge on any atom is 0.0599 e. The second kappa shape index (κ2) is 5.99. The van der Waals surface area contributed by atoms with Gasteiger partial charge in [0.25, 0.3) is 0 Å². The lowest BCUT2D eigenvalue weighted by atomic mass is 9.98. The number of rotatable bonds is 3. The molecule has 0 saturated carbocycles. The Morgan fingerprint density at radius 3 is 2.84 bits per heavy atom. The van der Waals surface area contributed by atoms with E-state index in [0.29, 0.717) is 0 Å². The quantitative estimate of drug-likeness (QED) is 0.894. The fourth-order valence-corrected chi connectivity index (χ4v) is 2.59. The Hall–Kier alpha value is -0.970.